The maximum absolute atomic E-state index is 12.6. The number of rotatable bonds is 3. The van der Waals surface area contributed by atoms with Crippen molar-refractivity contribution in [1.29, 1.82) is 0 Å². The molecular formula is C23H21ClN3O2. The number of carbonyl (C=O) groups excluding carboxylic acids is 2. The number of nitrogens with zero attached hydrogens (tertiary/aromatic N) is 2. The summed E-state index contributed by atoms with van der Waals surface area (Å²) in [7, 11) is 0. The van der Waals surface area contributed by atoms with Crippen LogP contribution in [0.3, 0.4) is 0 Å². The van der Waals surface area contributed by atoms with Crippen LogP contribution in [-0.2, 0) is 9.59 Å². The normalized spacial score (nSPS) is 14.7. The highest BCUT2D eigenvalue weighted by Gasteiger charge is 2.21. The van der Waals surface area contributed by atoms with Crippen LogP contribution in [0, 0.1) is 6.07 Å². The van der Waals surface area contributed by atoms with Crippen molar-refractivity contribution in [1.82, 2.24) is 14.8 Å². The number of hydrogen-bond acceptors (Lipinski definition) is 2. The standard InChI is InChI=1S/C23H21ClN3O2/c1-16(28)26-11-13-27(14-12-26)22(29)8-6-17-3-2-4-20(24)23(17)19-5-7-21-18(15-19)9-10-25-21/h2-3,5-10,15,25H,11-14H2,1H3/b8-6+. The molecule has 2 heterocycles. The quantitative estimate of drug-likeness (QED) is 0.668. The molecule has 0 aliphatic carbocycles. The van der Waals surface area contributed by atoms with Gasteiger partial charge in [-0.05, 0) is 40.8 Å². The molecule has 0 bridgehead atoms. The van der Waals surface area contributed by atoms with Gasteiger partial charge in [0.1, 0.15) is 0 Å². The van der Waals surface area contributed by atoms with Gasteiger partial charge in [-0.3, -0.25) is 9.59 Å². The Bertz CT molecular complexity index is 1090. The second-order valence-corrected chi connectivity index (χ2v) is 7.44. The number of aromatic amines is 1. The van der Waals surface area contributed by atoms with E-state index in [0.29, 0.717) is 31.2 Å². The van der Waals surface area contributed by atoms with Gasteiger partial charge in [-0.15, -0.1) is 0 Å². The van der Waals surface area contributed by atoms with E-state index in [1.54, 1.807) is 34.9 Å². The number of benzene rings is 2. The summed E-state index contributed by atoms with van der Waals surface area (Å²) >= 11 is 6.47. The molecule has 1 aliphatic rings. The minimum atomic E-state index is -0.0656. The lowest BCUT2D eigenvalue weighted by Crippen LogP contribution is -2.49. The van der Waals surface area contributed by atoms with E-state index in [9.17, 15) is 9.59 Å². The predicted octanol–water partition coefficient (Wildman–Crippen LogP) is 3.99. The third-order valence-electron chi connectivity index (χ3n) is 5.27. The van der Waals surface area contributed by atoms with Crippen LogP contribution in [0.1, 0.15) is 12.5 Å². The summed E-state index contributed by atoms with van der Waals surface area (Å²) < 4.78 is 0. The molecule has 0 atom stereocenters. The zero-order valence-corrected chi connectivity index (χ0v) is 16.9. The lowest BCUT2D eigenvalue weighted by atomic mass is 9.98. The Labute approximate surface area is 174 Å². The average molecular weight is 407 g/mol. The van der Waals surface area contributed by atoms with Crippen molar-refractivity contribution >= 4 is 40.4 Å². The van der Waals surface area contributed by atoms with Crippen molar-refractivity contribution in [2.75, 3.05) is 26.2 Å². The van der Waals surface area contributed by atoms with Gasteiger partial charge in [-0.25, -0.2) is 0 Å². The van der Waals surface area contributed by atoms with Crippen LogP contribution in [-0.4, -0.2) is 52.8 Å². The maximum Gasteiger partial charge on any atom is 0.246 e. The lowest BCUT2D eigenvalue weighted by molar-refractivity contribution is -0.135. The van der Waals surface area contributed by atoms with Gasteiger partial charge in [0.2, 0.25) is 11.8 Å². The van der Waals surface area contributed by atoms with E-state index in [0.717, 1.165) is 27.6 Å². The molecule has 3 aromatic rings. The zero-order chi connectivity index (χ0) is 20.4. The van der Waals surface area contributed by atoms with Crippen molar-refractivity contribution in [2.24, 2.45) is 0 Å². The van der Waals surface area contributed by atoms with Crippen LogP contribution < -0.4 is 0 Å². The van der Waals surface area contributed by atoms with Crippen LogP contribution in [0.5, 0.6) is 0 Å². The highest BCUT2D eigenvalue weighted by molar-refractivity contribution is 6.33. The molecule has 1 radical (unpaired) electrons. The van der Waals surface area contributed by atoms with Gasteiger partial charge in [0.15, 0.2) is 0 Å². The minimum Gasteiger partial charge on any atom is -0.361 e. The van der Waals surface area contributed by atoms with E-state index < -0.39 is 0 Å². The van der Waals surface area contributed by atoms with Crippen LogP contribution in [0.15, 0.2) is 48.7 Å². The second kappa shape index (κ2) is 8.13. The molecule has 0 saturated carbocycles. The molecule has 2 amide bonds. The largest absolute Gasteiger partial charge is 0.361 e. The van der Waals surface area contributed by atoms with Crippen molar-refractivity contribution in [3.8, 4) is 11.1 Å². The number of piperazine rings is 1. The first-order valence-corrected chi connectivity index (χ1v) is 9.91. The van der Waals surface area contributed by atoms with Crippen molar-refractivity contribution in [3.63, 3.8) is 0 Å². The molecule has 29 heavy (non-hydrogen) atoms. The van der Waals surface area contributed by atoms with Gasteiger partial charge < -0.3 is 14.8 Å². The van der Waals surface area contributed by atoms with Gasteiger partial charge >= 0.3 is 0 Å². The second-order valence-electron chi connectivity index (χ2n) is 7.07. The molecule has 4 rings (SSSR count). The average Bonchev–Trinajstić information content (AvgIpc) is 3.20. The molecule has 5 nitrogen and oxygen atoms in total. The number of carbonyl (C=O) groups is 2. The number of hydrogen-bond donors (Lipinski definition) is 1. The smallest absolute Gasteiger partial charge is 0.246 e. The molecule has 1 N–H and O–H groups in total. The van der Waals surface area contributed by atoms with Gasteiger partial charge in [0.25, 0.3) is 0 Å². The third kappa shape index (κ3) is 4.05. The number of H-pyrrole nitrogens is 1. The van der Waals surface area contributed by atoms with E-state index in [-0.39, 0.29) is 11.8 Å². The number of fused-ring (bicyclic) bond motifs is 1. The first kappa shape index (κ1) is 19.3. The van der Waals surface area contributed by atoms with Crippen LogP contribution >= 0.6 is 11.6 Å². The van der Waals surface area contributed by atoms with E-state index in [4.69, 9.17) is 11.6 Å². The van der Waals surface area contributed by atoms with Crippen LogP contribution in [0.2, 0.25) is 5.02 Å². The lowest BCUT2D eigenvalue weighted by Gasteiger charge is -2.33. The predicted molar refractivity (Wildman–Crippen MR) is 115 cm³/mol. The molecule has 0 spiro atoms. The van der Waals surface area contributed by atoms with E-state index in [1.807, 2.05) is 30.5 Å². The number of nitrogens with one attached hydrogen (secondary N) is 1. The molecule has 0 unspecified atom stereocenters. The van der Waals surface area contributed by atoms with E-state index in [1.165, 1.54) is 0 Å². The molecule has 1 aliphatic heterocycles. The van der Waals surface area contributed by atoms with Gasteiger partial charge in [-0.2, -0.15) is 0 Å². The number of amides is 2. The number of aromatic nitrogens is 1. The van der Waals surface area contributed by atoms with E-state index >= 15 is 0 Å². The zero-order valence-electron chi connectivity index (χ0n) is 16.1. The number of halogens is 1. The van der Waals surface area contributed by atoms with Crippen LogP contribution in [0.25, 0.3) is 28.1 Å². The van der Waals surface area contributed by atoms with Gasteiger partial charge in [0, 0.05) is 62.5 Å². The molecule has 2 aromatic carbocycles. The molecule has 147 valence electrons. The molecular weight excluding hydrogens is 386 g/mol. The highest BCUT2D eigenvalue weighted by Crippen LogP contribution is 2.33. The van der Waals surface area contributed by atoms with Crippen molar-refractivity contribution < 1.29 is 9.59 Å². The first-order chi connectivity index (χ1) is 14.0. The summed E-state index contributed by atoms with van der Waals surface area (Å²) in [6, 6.07) is 14.8. The fourth-order valence-electron chi connectivity index (χ4n) is 3.64. The Morgan fingerprint density at radius 3 is 2.62 bits per heavy atom. The van der Waals surface area contributed by atoms with Crippen molar-refractivity contribution in [2.45, 2.75) is 6.92 Å². The molecule has 1 saturated heterocycles. The Hall–Kier alpha value is -3.05. The Morgan fingerprint density at radius 2 is 1.86 bits per heavy atom. The van der Waals surface area contributed by atoms with Crippen LogP contribution in [0.4, 0.5) is 0 Å². The fourth-order valence-corrected chi connectivity index (χ4v) is 3.92. The summed E-state index contributed by atoms with van der Waals surface area (Å²) in [6.07, 6.45) is 5.28. The summed E-state index contributed by atoms with van der Waals surface area (Å²) in [5.41, 5.74) is 3.74. The minimum absolute atomic E-state index is 0.0480. The Kier molecular flexibility index (Phi) is 5.41. The third-order valence-corrected chi connectivity index (χ3v) is 5.56. The Balaban J connectivity index is 1.57. The van der Waals surface area contributed by atoms with Gasteiger partial charge in [-0.1, -0.05) is 29.8 Å². The topological polar surface area (TPSA) is 56.4 Å². The molecule has 1 aromatic heterocycles. The fraction of sp³-hybridized carbons (Fsp3) is 0.217. The van der Waals surface area contributed by atoms with E-state index in [2.05, 4.69) is 17.1 Å². The Morgan fingerprint density at radius 1 is 1.10 bits per heavy atom. The SMILES string of the molecule is CC(=O)N1CCN(C(=O)/C=C/c2cc[c]c(Cl)c2-c2ccc3[nH]ccc3c2)CC1. The monoisotopic (exact) mass is 406 g/mol. The van der Waals surface area contributed by atoms with Crippen molar-refractivity contribution in [3.05, 3.63) is 65.3 Å². The van der Waals surface area contributed by atoms with Gasteiger partial charge in [0.05, 0.1) is 5.02 Å². The summed E-state index contributed by atoms with van der Waals surface area (Å²) in [5, 5.41) is 1.61. The highest BCUT2D eigenvalue weighted by atomic mass is 35.5. The molecule has 6 heteroatoms. The molecule has 1 fully saturated rings. The summed E-state index contributed by atoms with van der Waals surface area (Å²) in [5.74, 6) is -0.0176. The first-order valence-electron chi connectivity index (χ1n) is 9.53. The summed E-state index contributed by atoms with van der Waals surface area (Å²) in [6.45, 7) is 3.79. The summed E-state index contributed by atoms with van der Waals surface area (Å²) in [4.78, 5) is 30.8. The maximum atomic E-state index is 12.6.